The number of aryl methyl sites for hydroxylation is 1. The number of anilines is 1. The van der Waals surface area contributed by atoms with E-state index in [1.165, 1.54) is 18.2 Å². The van der Waals surface area contributed by atoms with Crippen molar-refractivity contribution < 1.29 is 18.4 Å². The number of nitrogens with two attached hydrogens (primary N) is 1. The average molecular weight is 456 g/mol. The number of aromatic nitrogens is 1. The number of carbonyl (C=O) groups excluding carboxylic acids is 2. The van der Waals surface area contributed by atoms with Gasteiger partial charge in [0.25, 0.3) is 0 Å². The van der Waals surface area contributed by atoms with Crippen molar-refractivity contribution in [2.45, 2.75) is 51.0 Å². The topological polar surface area (TPSA) is 109 Å². The zero-order chi connectivity index (χ0) is 23.5. The predicted octanol–water partition coefficient (Wildman–Crippen LogP) is 2.33. The molecule has 1 aliphatic heterocycles. The summed E-state index contributed by atoms with van der Waals surface area (Å²) >= 11 is 0. The van der Waals surface area contributed by atoms with E-state index < -0.39 is 24.6 Å². The normalized spacial score (nSPS) is 20.5. The second kappa shape index (κ2) is 9.66. The highest BCUT2D eigenvalue weighted by molar-refractivity contribution is 5.92. The van der Waals surface area contributed by atoms with Crippen LogP contribution in [0.5, 0.6) is 0 Å². The minimum absolute atomic E-state index is 0.170. The summed E-state index contributed by atoms with van der Waals surface area (Å²) in [7, 11) is 0. The van der Waals surface area contributed by atoms with Crippen LogP contribution in [0.15, 0.2) is 36.4 Å². The lowest BCUT2D eigenvalue weighted by molar-refractivity contribution is -0.129. The molecule has 174 valence electrons. The molecule has 1 aliphatic carbocycles. The third-order valence-electron chi connectivity index (χ3n) is 6.11. The Morgan fingerprint density at radius 2 is 2.09 bits per heavy atom. The van der Waals surface area contributed by atoms with Gasteiger partial charge in [-0.25, -0.2) is 13.8 Å². The number of nitrogen functional groups attached to an aromatic ring is 1. The Kier molecular flexibility index (Phi) is 6.69. The van der Waals surface area contributed by atoms with E-state index in [0.29, 0.717) is 24.3 Å². The summed E-state index contributed by atoms with van der Waals surface area (Å²) < 4.78 is 26.8. The number of amides is 2. The molecule has 0 radical (unpaired) electrons. The second-order valence-corrected chi connectivity index (χ2v) is 8.41. The van der Waals surface area contributed by atoms with Crippen LogP contribution in [0, 0.1) is 5.82 Å². The number of pyridine rings is 1. The molecule has 0 saturated carbocycles. The first-order chi connectivity index (χ1) is 15.9. The highest BCUT2D eigenvalue weighted by atomic mass is 19.1. The molecule has 2 aliphatic rings. The largest absolute Gasteiger partial charge is 0.384 e. The number of rotatable bonds is 6. The molecule has 4 rings (SSSR count). The summed E-state index contributed by atoms with van der Waals surface area (Å²) in [5, 5.41) is 8.80. The van der Waals surface area contributed by atoms with Crippen molar-refractivity contribution in [3.8, 4) is 0 Å². The van der Waals surface area contributed by atoms with Gasteiger partial charge in [-0.1, -0.05) is 18.2 Å². The fourth-order valence-corrected chi connectivity index (χ4v) is 4.38. The summed E-state index contributed by atoms with van der Waals surface area (Å²) in [5.41, 5.74) is 9.18. The first-order valence-corrected chi connectivity index (χ1v) is 11.0. The van der Waals surface area contributed by atoms with Gasteiger partial charge in [-0.2, -0.15) is 0 Å². The average Bonchev–Trinajstić information content (AvgIpc) is 3.20. The summed E-state index contributed by atoms with van der Waals surface area (Å²) in [6.07, 6.45) is 3.75. The molecule has 1 aromatic carbocycles. The molecule has 33 heavy (non-hydrogen) atoms. The van der Waals surface area contributed by atoms with Gasteiger partial charge in [0.1, 0.15) is 30.4 Å². The Morgan fingerprint density at radius 1 is 1.27 bits per heavy atom. The molecular formula is C24H27F2N5O2. The molecule has 3 unspecified atom stereocenters. The molecule has 0 bridgehead atoms. The second-order valence-electron chi connectivity index (χ2n) is 8.41. The Bertz CT molecular complexity index is 1100. The highest BCUT2D eigenvalue weighted by Crippen LogP contribution is 2.30. The molecule has 3 atom stereocenters. The fourth-order valence-electron chi connectivity index (χ4n) is 4.38. The van der Waals surface area contributed by atoms with Crippen LogP contribution in [0.3, 0.4) is 0 Å². The van der Waals surface area contributed by atoms with Gasteiger partial charge in [0.15, 0.2) is 0 Å². The molecule has 7 nitrogen and oxygen atoms in total. The van der Waals surface area contributed by atoms with Crippen LogP contribution in [0.4, 0.5) is 14.6 Å². The lowest BCUT2D eigenvalue weighted by atomic mass is 9.93. The lowest BCUT2D eigenvalue weighted by Crippen LogP contribution is -2.52. The summed E-state index contributed by atoms with van der Waals surface area (Å²) in [4.78, 5) is 29.8. The third-order valence-corrected chi connectivity index (χ3v) is 6.11. The zero-order valence-electron chi connectivity index (χ0n) is 18.3. The summed E-state index contributed by atoms with van der Waals surface area (Å²) in [6.45, 7) is 1.33. The quantitative estimate of drug-likeness (QED) is 0.535. The molecule has 2 heterocycles. The van der Waals surface area contributed by atoms with E-state index in [4.69, 9.17) is 5.73 Å². The van der Waals surface area contributed by atoms with Crippen molar-refractivity contribution in [3.05, 3.63) is 64.6 Å². The van der Waals surface area contributed by atoms with E-state index in [0.717, 1.165) is 29.7 Å². The van der Waals surface area contributed by atoms with E-state index in [-0.39, 0.29) is 23.4 Å². The SMILES string of the molecule is CC(NC(=O)C1C=C(c2ccc(F)cc2CF)CCN1)C(=O)NC1CCc2nc(N)ccc21. The van der Waals surface area contributed by atoms with E-state index in [1.54, 1.807) is 19.1 Å². The van der Waals surface area contributed by atoms with Crippen molar-refractivity contribution in [1.82, 2.24) is 20.9 Å². The number of hydrogen-bond acceptors (Lipinski definition) is 5. The number of halogens is 2. The number of nitrogens with zero attached hydrogens (tertiary/aromatic N) is 1. The summed E-state index contributed by atoms with van der Waals surface area (Å²) in [5.74, 6) is -0.705. The third kappa shape index (κ3) is 5.03. The molecule has 5 N–H and O–H groups in total. The van der Waals surface area contributed by atoms with Gasteiger partial charge in [0.05, 0.1) is 6.04 Å². The number of nitrogens with one attached hydrogen (secondary N) is 3. The van der Waals surface area contributed by atoms with Crippen molar-refractivity contribution in [2.75, 3.05) is 12.3 Å². The maximum absolute atomic E-state index is 13.5. The highest BCUT2D eigenvalue weighted by Gasteiger charge is 2.29. The van der Waals surface area contributed by atoms with E-state index >= 15 is 0 Å². The van der Waals surface area contributed by atoms with Crippen molar-refractivity contribution in [3.63, 3.8) is 0 Å². The maximum Gasteiger partial charge on any atom is 0.242 e. The zero-order valence-corrected chi connectivity index (χ0v) is 18.3. The summed E-state index contributed by atoms with van der Waals surface area (Å²) in [6, 6.07) is 5.97. The standard InChI is InChI=1S/C24H27F2N5O2/c1-13(23(32)31-20-6-5-19-18(20)4-7-22(27)30-19)29-24(33)21-11-14(8-9-28-21)17-3-2-16(26)10-15(17)12-25/h2-4,7,10-11,13,20-21,28H,5-6,8-9,12H2,1H3,(H2,27,30)(H,29,33)(H,31,32). The molecule has 0 spiro atoms. The number of benzene rings is 1. The minimum atomic E-state index is -0.793. The Labute approximate surface area is 190 Å². The Morgan fingerprint density at radius 3 is 2.88 bits per heavy atom. The molecule has 2 amide bonds. The Hall–Kier alpha value is -3.33. The van der Waals surface area contributed by atoms with E-state index in [2.05, 4.69) is 20.9 Å². The van der Waals surface area contributed by atoms with Crippen LogP contribution in [-0.2, 0) is 22.7 Å². The number of alkyl halides is 1. The van der Waals surface area contributed by atoms with Crippen LogP contribution in [0.2, 0.25) is 0 Å². The minimum Gasteiger partial charge on any atom is -0.384 e. The first kappa shape index (κ1) is 22.8. The number of carbonyl (C=O) groups is 2. The van der Waals surface area contributed by atoms with Gasteiger partial charge >= 0.3 is 0 Å². The number of hydrogen-bond donors (Lipinski definition) is 4. The van der Waals surface area contributed by atoms with Gasteiger partial charge in [-0.3, -0.25) is 9.59 Å². The monoisotopic (exact) mass is 455 g/mol. The van der Waals surface area contributed by atoms with Crippen LogP contribution in [-0.4, -0.2) is 35.4 Å². The smallest absolute Gasteiger partial charge is 0.242 e. The predicted molar refractivity (Wildman–Crippen MR) is 121 cm³/mol. The molecule has 2 aromatic rings. The van der Waals surface area contributed by atoms with Crippen molar-refractivity contribution in [1.29, 1.82) is 0 Å². The van der Waals surface area contributed by atoms with E-state index in [1.807, 2.05) is 6.07 Å². The fraction of sp³-hybridized carbons (Fsp3) is 0.375. The van der Waals surface area contributed by atoms with Crippen molar-refractivity contribution >= 4 is 23.2 Å². The molecule has 1 aromatic heterocycles. The molecular weight excluding hydrogens is 428 g/mol. The van der Waals surface area contributed by atoms with Gasteiger partial charge < -0.3 is 21.7 Å². The van der Waals surface area contributed by atoms with Crippen LogP contribution < -0.4 is 21.7 Å². The van der Waals surface area contributed by atoms with Crippen LogP contribution in [0.1, 0.15) is 48.2 Å². The van der Waals surface area contributed by atoms with Gasteiger partial charge in [-0.15, -0.1) is 0 Å². The lowest BCUT2D eigenvalue weighted by Gasteiger charge is -2.25. The van der Waals surface area contributed by atoms with Crippen LogP contribution in [0.25, 0.3) is 5.57 Å². The van der Waals surface area contributed by atoms with E-state index in [9.17, 15) is 18.4 Å². The number of fused-ring (bicyclic) bond motifs is 1. The first-order valence-electron chi connectivity index (χ1n) is 11.0. The van der Waals surface area contributed by atoms with Gasteiger partial charge in [0.2, 0.25) is 11.8 Å². The van der Waals surface area contributed by atoms with Gasteiger partial charge in [-0.05, 0) is 66.6 Å². The molecule has 0 saturated heterocycles. The van der Waals surface area contributed by atoms with Crippen LogP contribution >= 0.6 is 0 Å². The Balaban J connectivity index is 1.40. The molecule has 9 heteroatoms. The van der Waals surface area contributed by atoms with Crippen molar-refractivity contribution in [2.24, 2.45) is 0 Å². The van der Waals surface area contributed by atoms with Gasteiger partial charge in [0, 0.05) is 12.2 Å². The molecule has 0 fully saturated rings. The maximum atomic E-state index is 13.5.